The third-order valence-corrected chi connectivity index (χ3v) is 9.90. The smallest absolute Gasteiger partial charge is 0.462 e. The molecule has 0 spiro atoms. The standard InChI is InChI=1S/C39H76NO11P/c1-3-5-7-8-9-10-11-12-13-14-15-18-22-26-38(44)48-32-35(33-50-52(46,47)49-31-30-40)51-39(45)27-23-19-16-17-21-24-34(41)28-29-37(43)36(42)25-20-6-4-2/h28-29,34-37,41-43H,3-27,30-33,40H2,1-2H3,(H,46,47)/b29-28+. The van der Waals surface area contributed by atoms with Gasteiger partial charge >= 0.3 is 19.8 Å². The summed E-state index contributed by atoms with van der Waals surface area (Å²) >= 11 is 0. The van der Waals surface area contributed by atoms with Crippen molar-refractivity contribution in [1.82, 2.24) is 0 Å². The quantitative estimate of drug-likeness (QED) is 0.0176. The number of nitrogens with two attached hydrogens (primary N) is 1. The molecule has 0 amide bonds. The van der Waals surface area contributed by atoms with E-state index in [1.54, 1.807) is 0 Å². The minimum atomic E-state index is -4.42. The number of rotatable bonds is 38. The number of phosphoric acid groups is 1. The van der Waals surface area contributed by atoms with E-state index in [1.165, 1.54) is 69.9 Å². The van der Waals surface area contributed by atoms with E-state index in [0.29, 0.717) is 25.7 Å². The fourth-order valence-electron chi connectivity index (χ4n) is 5.68. The molecule has 0 rings (SSSR count). The molecule has 6 N–H and O–H groups in total. The lowest BCUT2D eigenvalue weighted by Crippen LogP contribution is -2.29. The van der Waals surface area contributed by atoms with E-state index >= 15 is 0 Å². The molecule has 0 aromatic carbocycles. The molecule has 0 fully saturated rings. The Hall–Kier alpha value is -1.37. The lowest BCUT2D eigenvalue weighted by molar-refractivity contribution is -0.161. The second-order valence-corrected chi connectivity index (χ2v) is 15.4. The van der Waals surface area contributed by atoms with Crippen LogP contribution in [0.1, 0.15) is 174 Å². The lowest BCUT2D eigenvalue weighted by atomic mass is 10.0. The van der Waals surface area contributed by atoms with Crippen molar-refractivity contribution in [1.29, 1.82) is 0 Å². The zero-order valence-electron chi connectivity index (χ0n) is 32.6. The minimum Gasteiger partial charge on any atom is -0.462 e. The van der Waals surface area contributed by atoms with Gasteiger partial charge in [-0.25, -0.2) is 4.57 Å². The summed E-state index contributed by atoms with van der Waals surface area (Å²) in [7, 11) is -4.42. The summed E-state index contributed by atoms with van der Waals surface area (Å²) < 4.78 is 32.6. The van der Waals surface area contributed by atoms with Gasteiger partial charge in [-0.2, -0.15) is 0 Å². The minimum absolute atomic E-state index is 0.0230. The predicted molar refractivity (Wildman–Crippen MR) is 206 cm³/mol. The number of hydrogen-bond acceptors (Lipinski definition) is 11. The molecule has 0 aliphatic heterocycles. The van der Waals surface area contributed by atoms with Gasteiger partial charge in [0.1, 0.15) is 6.61 Å². The van der Waals surface area contributed by atoms with Crippen LogP contribution in [-0.4, -0.2) is 82.9 Å². The highest BCUT2D eigenvalue weighted by molar-refractivity contribution is 7.47. The number of carbonyl (C=O) groups is 2. The highest BCUT2D eigenvalue weighted by Gasteiger charge is 2.26. The van der Waals surface area contributed by atoms with E-state index in [4.69, 9.17) is 24.3 Å². The van der Waals surface area contributed by atoms with E-state index < -0.39 is 50.8 Å². The summed E-state index contributed by atoms with van der Waals surface area (Å²) in [6.07, 6.45) is 23.1. The van der Waals surface area contributed by atoms with Crippen LogP contribution in [-0.2, 0) is 32.7 Å². The third-order valence-electron chi connectivity index (χ3n) is 8.92. The van der Waals surface area contributed by atoms with Crippen molar-refractivity contribution in [3.63, 3.8) is 0 Å². The number of aliphatic hydroxyl groups is 3. The van der Waals surface area contributed by atoms with Crippen molar-refractivity contribution in [3.8, 4) is 0 Å². The molecule has 52 heavy (non-hydrogen) atoms. The van der Waals surface area contributed by atoms with Crippen LogP contribution in [0.25, 0.3) is 0 Å². The number of unbranched alkanes of at least 4 members (excludes halogenated alkanes) is 18. The van der Waals surface area contributed by atoms with Gasteiger partial charge in [0.25, 0.3) is 0 Å². The van der Waals surface area contributed by atoms with Crippen molar-refractivity contribution in [2.24, 2.45) is 5.73 Å². The van der Waals surface area contributed by atoms with Crippen molar-refractivity contribution in [2.45, 2.75) is 199 Å². The first kappa shape index (κ1) is 50.6. The van der Waals surface area contributed by atoms with Crippen LogP contribution in [0.3, 0.4) is 0 Å². The number of ether oxygens (including phenoxy) is 2. The number of phosphoric ester groups is 1. The normalized spacial score (nSPS) is 15.3. The van der Waals surface area contributed by atoms with E-state index in [2.05, 4.69) is 13.8 Å². The van der Waals surface area contributed by atoms with E-state index in [1.807, 2.05) is 0 Å². The maximum Gasteiger partial charge on any atom is 0.472 e. The van der Waals surface area contributed by atoms with Crippen molar-refractivity contribution in [2.75, 3.05) is 26.4 Å². The summed E-state index contributed by atoms with van der Waals surface area (Å²) in [5.41, 5.74) is 5.32. The van der Waals surface area contributed by atoms with Crippen LogP contribution in [0.15, 0.2) is 12.2 Å². The number of hydrogen-bond donors (Lipinski definition) is 5. The maximum absolute atomic E-state index is 12.6. The van der Waals surface area contributed by atoms with Gasteiger partial charge in [-0.05, 0) is 25.7 Å². The van der Waals surface area contributed by atoms with Crippen LogP contribution in [0, 0.1) is 0 Å². The Morgan fingerprint density at radius 2 is 1.12 bits per heavy atom. The topological polar surface area (TPSA) is 195 Å². The third kappa shape index (κ3) is 33.2. The molecular weight excluding hydrogens is 689 g/mol. The molecule has 308 valence electrons. The molecule has 0 radical (unpaired) electrons. The van der Waals surface area contributed by atoms with Gasteiger partial charge < -0.3 is 35.4 Å². The summed E-state index contributed by atoms with van der Waals surface area (Å²) in [6.45, 7) is 3.36. The van der Waals surface area contributed by atoms with Gasteiger partial charge in [-0.15, -0.1) is 0 Å². The molecule has 0 heterocycles. The first-order valence-corrected chi connectivity index (χ1v) is 21.9. The predicted octanol–water partition coefficient (Wildman–Crippen LogP) is 7.96. The zero-order valence-corrected chi connectivity index (χ0v) is 33.5. The Labute approximate surface area is 315 Å². The fourth-order valence-corrected chi connectivity index (χ4v) is 6.45. The molecule has 0 bridgehead atoms. The van der Waals surface area contributed by atoms with Crippen LogP contribution >= 0.6 is 7.82 Å². The van der Waals surface area contributed by atoms with Crippen LogP contribution < -0.4 is 5.73 Å². The Balaban J connectivity index is 4.35. The van der Waals surface area contributed by atoms with Crippen molar-refractivity contribution in [3.05, 3.63) is 12.2 Å². The molecule has 13 heteroatoms. The average molecular weight is 766 g/mol. The Morgan fingerprint density at radius 3 is 1.67 bits per heavy atom. The summed E-state index contributed by atoms with van der Waals surface area (Å²) in [5, 5.41) is 30.2. The molecular formula is C39H76NO11P. The molecule has 0 aromatic rings. The van der Waals surface area contributed by atoms with Gasteiger partial charge in [0.05, 0.1) is 31.5 Å². The number of carbonyl (C=O) groups excluding carboxylic acids is 2. The second kappa shape index (κ2) is 35.3. The highest BCUT2D eigenvalue weighted by Crippen LogP contribution is 2.43. The lowest BCUT2D eigenvalue weighted by Gasteiger charge is -2.19. The summed E-state index contributed by atoms with van der Waals surface area (Å²) in [4.78, 5) is 34.8. The van der Waals surface area contributed by atoms with E-state index in [9.17, 15) is 34.4 Å². The van der Waals surface area contributed by atoms with Crippen LogP contribution in [0.4, 0.5) is 0 Å². The van der Waals surface area contributed by atoms with Crippen LogP contribution in [0.2, 0.25) is 0 Å². The molecule has 0 saturated heterocycles. The van der Waals surface area contributed by atoms with Crippen molar-refractivity contribution < 1.29 is 52.9 Å². The van der Waals surface area contributed by atoms with E-state index in [-0.39, 0.29) is 32.6 Å². The Morgan fingerprint density at radius 1 is 0.635 bits per heavy atom. The maximum atomic E-state index is 12.6. The Kier molecular flexibility index (Phi) is 34.4. The first-order chi connectivity index (χ1) is 25.0. The van der Waals surface area contributed by atoms with Gasteiger partial charge in [0.2, 0.25) is 0 Å². The average Bonchev–Trinajstić information content (AvgIpc) is 3.12. The SMILES string of the molecule is CCCCCCCCCCCCCCCC(=O)OCC(COP(=O)(O)OCCN)OC(=O)CCCCCCCC(O)/C=C/C(O)C(O)CCCCC. The van der Waals surface area contributed by atoms with Gasteiger partial charge in [0.15, 0.2) is 6.10 Å². The first-order valence-electron chi connectivity index (χ1n) is 20.4. The second-order valence-electron chi connectivity index (χ2n) is 14.0. The highest BCUT2D eigenvalue weighted by atomic mass is 31.2. The van der Waals surface area contributed by atoms with Gasteiger partial charge in [-0.1, -0.05) is 148 Å². The molecule has 5 atom stereocenters. The molecule has 0 aliphatic carbocycles. The molecule has 0 saturated carbocycles. The summed E-state index contributed by atoms with van der Waals surface area (Å²) in [5.74, 6) is -0.958. The monoisotopic (exact) mass is 766 g/mol. The van der Waals surface area contributed by atoms with Gasteiger partial charge in [-0.3, -0.25) is 18.6 Å². The largest absolute Gasteiger partial charge is 0.472 e. The van der Waals surface area contributed by atoms with Gasteiger partial charge in [0, 0.05) is 19.4 Å². The number of esters is 2. The molecule has 12 nitrogen and oxygen atoms in total. The van der Waals surface area contributed by atoms with Crippen molar-refractivity contribution >= 4 is 19.8 Å². The van der Waals surface area contributed by atoms with Crippen LogP contribution in [0.5, 0.6) is 0 Å². The fraction of sp³-hybridized carbons (Fsp3) is 0.897. The summed E-state index contributed by atoms with van der Waals surface area (Å²) in [6, 6.07) is 0. The van der Waals surface area contributed by atoms with E-state index in [0.717, 1.165) is 64.2 Å². The zero-order chi connectivity index (χ0) is 38.7. The molecule has 0 aromatic heterocycles. The Bertz CT molecular complexity index is 923. The molecule has 0 aliphatic rings. The number of aliphatic hydroxyl groups excluding tert-OH is 3. The molecule has 5 unspecified atom stereocenters.